The van der Waals surface area contributed by atoms with Crippen molar-refractivity contribution >= 4 is 33.6 Å². The Morgan fingerprint density at radius 3 is 2.64 bits per heavy atom. The zero-order chi connectivity index (χ0) is 20.0. The molecule has 3 aromatic rings. The van der Waals surface area contributed by atoms with Crippen molar-refractivity contribution in [3.8, 4) is 0 Å². The van der Waals surface area contributed by atoms with Crippen LogP contribution in [0.4, 0.5) is 14.5 Å². The smallest absolute Gasteiger partial charge is 0.341 e. The lowest BCUT2D eigenvalue weighted by Crippen LogP contribution is -2.44. The molecule has 1 fully saturated rings. The van der Waals surface area contributed by atoms with Crippen LogP contribution >= 0.6 is 0 Å². The molecule has 0 unspecified atom stereocenters. The lowest BCUT2D eigenvalue weighted by molar-refractivity contribution is 0.0691. The fourth-order valence-corrected chi connectivity index (χ4v) is 3.41. The summed E-state index contributed by atoms with van der Waals surface area (Å²) in [5.74, 6) is -3.05. The van der Waals surface area contributed by atoms with Crippen molar-refractivity contribution in [1.29, 1.82) is 0 Å². The fourth-order valence-electron chi connectivity index (χ4n) is 3.41. The third kappa shape index (κ3) is 2.73. The second-order valence-electron chi connectivity index (χ2n) is 6.37. The van der Waals surface area contributed by atoms with Gasteiger partial charge in [0.2, 0.25) is 5.43 Å². The first-order chi connectivity index (χ1) is 13.4. The molecule has 0 amide bonds. The van der Waals surface area contributed by atoms with Gasteiger partial charge in [-0.2, -0.15) is 4.73 Å². The summed E-state index contributed by atoms with van der Waals surface area (Å²) < 4.78 is 30.9. The molecular formula is C18H16F2N4O4. The highest BCUT2D eigenvalue weighted by atomic mass is 19.1. The monoisotopic (exact) mass is 390 g/mol. The van der Waals surface area contributed by atoms with Gasteiger partial charge in [0, 0.05) is 31.6 Å². The van der Waals surface area contributed by atoms with Crippen molar-refractivity contribution in [2.45, 2.75) is 0 Å². The predicted octanol–water partition coefficient (Wildman–Crippen LogP) is 0.994. The van der Waals surface area contributed by atoms with Gasteiger partial charge in [-0.15, -0.1) is 0 Å². The van der Waals surface area contributed by atoms with E-state index in [4.69, 9.17) is 4.84 Å². The van der Waals surface area contributed by atoms with Crippen LogP contribution in [0, 0.1) is 11.6 Å². The maximum atomic E-state index is 15.2. The van der Waals surface area contributed by atoms with E-state index < -0.39 is 28.6 Å². The molecule has 0 radical (unpaired) electrons. The highest BCUT2D eigenvalue weighted by Crippen LogP contribution is 2.31. The number of carboxylic acid groups (broad SMARTS) is 1. The average Bonchev–Trinajstić information content (AvgIpc) is 2.68. The second kappa shape index (κ2) is 6.71. The number of carbonyl (C=O) groups is 1. The number of anilines is 1. The van der Waals surface area contributed by atoms with Crippen LogP contribution in [0.3, 0.4) is 0 Å². The van der Waals surface area contributed by atoms with Gasteiger partial charge in [0.25, 0.3) is 0 Å². The number of aromatic carboxylic acids is 1. The number of carboxylic acids is 1. The Morgan fingerprint density at radius 1 is 1.29 bits per heavy atom. The molecule has 0 saturated carbocycles. The van der Waals surface area contributed by atoms with Crippen molar-refractivity contribution in [2.24, 2.45) is 0 Å². The zero-order valence-corrected chi connectivity index (χ0v) is 14.8. The topological polar surface area (TPSA) is 96.7 Å². The summed E-state index contributed by atoms with van der Waals surface area (Å²) in [6.45, 7) is 2.09. The standard InChI is InChI=1S/C18H16F2N4O4/c1-28-24-8-11(18(26)27)16(25)10-6-9-7-12(19)15(23-4-2-21-3-5-23)13(20)14(9)22-17(10)24/h6-8,21H,2-5H2,1H3,(H,26,27). The summed E-state index contributed by atoms with van der Waals surface area (Å²) in [5, 5.41) is 12.3. The van der Waals surface area contributed by atoms with Crippen LogP contribution in [-0.4, -0.2) is 54.1 Å². The van der Waals surface area contributed by atoms with E-state index in [0.29, 0.717) is 26.2 Å². The molecule has 0 spiro atoms. The van der Waals surface area contributed by atoms with Gasteiger partial charge in [0.05, 0.1) is 11.6 Å². The molecule has 1 aliphatic heterocycles. The first kappa shape index (κ1) is 18.1. The molecule has 0 aliphatic carbocycles. The molecule has 0 atom stereocenters. The molecule has 4 rings (SSSR count). The van der Waals surface area contributed by atoms with Gasteiger partial charge in [-0.1, -0.05) is 0 Å². The quantitative estimate of drug-likeness (QED) is 0.644. The minimum absolute atomic E-state index is 0.0539. The van der Waals surface area contributed by atoms with Gasteiger partial charge in [-0.25, -0.2) is 18.6 Å². The molecule has 0 bridgehead atoms. The highest BCUT2D eigenvalue weighted by Gasteiger charge is 2.24. The van der Waals surface area contributed by atoms with E-state index >= 15 is 4.39 Å². The van der Waals surface area contributed by atoms with Gasteiger partial charge in [0.1, 0.15) is 29.7 Å². The average molecular weight is 390 g/mol. The Hall–Kier alpha value is -3.27. The summed E-state index contributed by atoms with van der Waals surface area (Å²) >= 11 is 0. The molecule has 3 heterocycles. The number of nitrogens with zero attached hydrogens (tertiary/aromatic N) is 3. The number of halogens is 2. The van der Waals surface area contributed by atoms with E-state index in [0.717, 1.165) is 17.0 Å². The van der Waals surface area contributed by atoms with Crippen LogP contribution in [0.15, 0.2) is 23.1 Å². The van der Waals surface area contributed by atoms with E-state index in [1.807, 2.05) is 0 Å². The largest absolute Gasteiger partial charge is 0.477 e. The number of benzene rings is 1. The second-order valence-corrected chi connectivity index (χ2v) is 6.37. The summed E-state index contributed by atoms with van der Waals surface area (Å²) in [6, 6.07) is 2.34. The molecule has 10 heteroatoms. The summed E-state index contributed by atoms with van der Waals surface area (Å²) in [6.07, 6.45) is 0.977. The molecule has 146 valence electrons. The van der Waals surface area contributed by atoms with Crippen molar-refractivity contribution in [2.75, 3.05) is 38.2 Å². The van der Waals surface area contributed by atoms with Gasteiger partial charge >= 0.3 is 5.97 Å². The van der Waals surface area contributed by atoms with Crippen molar-refractivity contribution in [1.82, 2.24) is 15.0 Å². The minimum atomic E-state index is -1.44. The van der Waals surface area contributed by atoms with Gasteiger partial charge in [0.15, 0.2) is 11.5 Å². The highest BCUT2D eigenvalue weighted by molar-refractivity contribution is 5.97. The Labute approximate surface area is 156 Å². The van der Waals surface area contributed by atoms with Gasteiger partial charge < -0.3 is 20.2 Å². The Bertz CT molecular complexity index is 1170. The summed E-state index contributed by atoms with van der Waals surface area (Å²) in [7, 11) is 1.26. The molecule has 8 nitrogen and oxygen atoms in total. The molecule has 28 heavy (non-hydrogen) atoms. The van der Waals surface area contributed by atoms with Crippen LogP contribution in [0.2, 0.25) is 0 Å². The Kier molecular flexibility index (Phi) is 4.34. The lowest BCUT2D eigenvalue weighted by Gasteiger charge is -2.30. The van der Waals surface area contributed by atoms with E-state index in [-0.39, 0.29) is 27.6 Å². The molecule has 1 aliphatic rings. The Morgan fingerprint density at radius 2 is 2.00 bits per heavy atom. The van der Waals surface area contributed by atoms with E-state index in [9.17, 15) is 19.1 Å². The van der Waals surface area contributed by atoms with E-state index in [2.05, 4.69) is 10.3 Å². The van der Waals surface area contributed by atoms with Crippen LogP contribution in [0.25, 0.3) is 21.9 Å². The molecule has 2 N–H and O–H groups in total. The van der Waals surface area contributed by atoms with Crippen molar-refractivity contribution < 1.29 is 23.5 Å². The number of hydrogen-bond acceptors (Lipinski definition) is 6. The van der Waals surface area contributed by atoms with Crippen LogP contribution in [-0.2, 0) is 0 Å². The van der Waals surface area contributed by atoms with Gasteiger partial charge in [-0.05, 0) is 12.1 Å². The van der Waals surface area contributed by atoms with Gasteiger partial charge in [-0.3, -0.25) is 4.79 Å². The number of fused-ring (bicyclic) bond motifs is 2. The number of pyridine rings is 2. The number of hydrogen-bond donors (Lipinski definition) is 2. The first-order valence-electron chi connectivity index (χ1n) is 8.54. The maximum absolute atomic E-state index is 15.2. The van der Waals surface area contributed by atoms with Crippen molar-refractivity contribution in [3.63, 3.8) is 0 Å². The van der Waals surface area contributed by atoms with Crippen LogP contribution in [0.5, 0.6) is 0 Å². The van der Waals surface area contributed by atoms with E-state index in [1.165, 1.54) is 13.2 Å². The third-order valence-corrected chi connectivity index (χ3v) is 4.76. The number of piperazine rings is 1. The lowest BCUT2D eigenvalue weighted by atomic mass is 10.1. The summed E-state index contributed by atoms with van der Waals surface area (Å²) in [4.78, 5) is 34.6. The molecule has 1 saturated heterocycles. The predicted molar refractivity (Wildman–Crippen MR) is 98.0 cm³/mol. The van der Waals surface area contributed by atoms with E-state index in [1.54, 1.807) is 4.90 Å². The van der Waals surface area contributed by atoms with Crippen LogP contribution < -0.4 is 20.5 Å². The third-order valence-electron chi connectivity index (χ3n) is 4.76. The normalized spacial score (nSPS) is 14.6. The SMILES string of the molecule is COn1cc(C(=O)O)c(=O)c2cc3cc(F)c(N4CCNCC4)c(F)c3nc21. The Balaban J connectivity index is 2.04. The maximum Gasteiger partial charge on any atom is 0.341 e. The molecular weight excluding hydrogens is 374 g/mol. The number of aromatic nitrogens is 2. The zero-order valence-electron chi connectivity index (χ0n) is 14.8. The fraction of sp³-hybridized carbons (Fsp3) is 0.278. The first-order valence-corrected chi connectivity index (χ1v) is 8.54. The molecule has 2 aromatic heterocycles. The molecule has 1 aromatic carbocycles. The number of nitrogens with one attached hydrogen (secondary N) is 1. The van der Waals surface area contributed by atoms with Crippen molar-refractivity contribution in [3.05, 3.63) is 45.8 Å². The minimum Gasteiger partial charge on any atom is -0.477 e. The number of rotatable bonds is 3. The summed E-state index contributed by atoms with van der Waals surface area (Å²) in [5.41, 5.74) is -1.70. The van der Waals surface area contributed by atoms with Crippen LogP contribution in [0.1, 0.15) is 10.4 Å².